The van der Waals surface area contributed by atoms with Crippen LogP contribution in [0.5, 0.6) is 0 Å². The van der Waals surface area contributed by atoms with Gasteiger partial charge >= 0.3 is 0 Å². The van der Waals surface area contributed by atoms with Crippen LogP contribution in [0.1, 0.15) is 48.5 Å². The van der Waals surface area contributed by atoms with Gasteiger partial charge in [-0.1, -0.05) is 19.1 Å². The van der Waals surface area contributed by atoms with Gasteiger partial charge in [0.05, 0.1) is 0 Å². The van der Waals surface area contributed by atoms with Crippen LogP contribution >= 0.6 is 0 Å². The summed E-state index contributed by atoms with van der Waals surface area (Å²) in [5, 5.41) is 3.50. The van der Waals surface area contributed by atoms with Crippen molar-refractivity contribution in [2.75, 3.05) is 13.1 Å². The van der Waals surface area contributed by atoms with Gasteiger partial charge < -0.3 is 10.2 Å². The molecule has 108 valence electrons. The molecule has 1 N–H and O–H groups in total. The number of hydrogen-bond acceptors (Lipinski definition) is 2. The summed E-state index contributed by atoms with van der Waals surface area (Å²) in [5.41, 5.74) is 2.13. The number of rotatable bonds is 5. The van der Waals surface area contributed by atoms with Gasteiger partial charge in [-0.25, -0.2) is 0 Å². The van der Waals surface area contributed by atoms with E-state index in [-0.39, 0.29) is 5.91 Å². The van der Waals surface area contributed by atoms with Crippen molar-refractivity contribution in [2.24, 2.45) is 0 Å². The maximum Gasteiger partial charge on any atom is 0.254 e. The second-order valence-corrected chi connectivity index (χ2v) is 6.03. The molecule has 0 spiro atoms. The van der Waals surface area contributed by atoms with Gasteiger partial charge in [-0.3, -0.25) is 4.79 Å². The van der Waals surface area contributed by atoms with Crippen LogP contribution in [0.4, 0.5) is 0 Å². The average molecular weight is 272 g/mol. The van der Waals surface area contributed by atoms with Crippen LogP contribution < -0.4 is 5.32 Å². The lowest BCUT2D eigenvalue weighted by Crippen LogP contribution is -2.42. The predicted molar refractivity (Wildman–Crippen MR) is 80.9 cm³/mol. The van der Waals surface area contributed by atoms with Crippen LogP contribution in [0.15, 0.2) is 24.3 Å². The van der Waals surface area contributed by atoms with E-state index in [0.717, 1.165) is 25.1 Å². The largest absolute Gasteiger partial charge is 0.334 e. The number of aryl methyl sites for hydroxylation is 1. The zero-order chi connectivity index (χ0) is 13.9. The molecule has 1 aliphatic carbocycles. The minimum absolute atomic E-state index is 0.212. The Bertz CT molecular complexity index is 458. The molecule has 3 rings (SSSR count). The Labute approximate surface area is 121 Å². The topological polar surface area (TPSA) is 32.3 Å². The summed E-state index contributed by atoms with van der Waals surface area (Å²) in [7, 11) is 0. The Kier molecular flexibility index (Phi) is 4.06. The number of amides is 1. The SMILES string of the molecule is CCc1ccc(C(=O)N(CC2CCCN2)C2CC2)cc1. The molecule has 2 aliphatic rings. The van der Waals surface area contributed by atoms with Crippen LogP contribution in [0.3, 0.4) is 0 Å². The van der Waals surface area contributed by atoms with Crippen LogP contribution in [0.2, 0.25) is 0 Å². The summed E-state index contributed by atoms with van der Waals surface area (Å²) in [4.78, 5) is 14.8. The molecular formula is C17H24N2O. The van der Waals surface area contributed by atoms with Gasteiger partial charge in [-0.05, 0) is 56.3 Å². The van der Waals surface area contributed by atoms with E-state index in [4.69, 9.17) is 0 Å². The first-order chi connectivity index (χ1) is 9.78. The minimum atomic E-state index is 0.212. The van der Waals surface area contributed by atoms with Crippen LogP contribution in [-0.4, -0.2) is 36.0 Å². The summed E-state index contributed by atoms with van der Waals surface area (Å²) in [6.45, 7) is 4.11. The van der Waals surface area contributed by atoms with Crippen molar-refractivity contribution in [2.45, 2.75) is 51.1 Å². The molecule has 0 radical (unpaired) electrons. The first-order valence-corrected chi connectivity index (χ1v) is 7.91. The molecule has 1 saturated heterocycles. The lowest BCUT2D eigenvalue weighted by atomic mass is 10.1. The lowest BCUT2D eigenvalue weighted by molar-refractivity contribution is 0.0728. The van der Waals surface area contributed by atoms with E-state index in [2.05, 4.69) is 29.3 Å². The third-order valence-electron chi connectivity index (χ3n) is 4.44. The number of hydrogen-bond donors (Lipinski definition) is 1. The van der Waals surface area contributed by atoms with E-state index in [1.807, 2.05) is 12.1 Å². The third-order valence-corrected chi connectivity index (χ3v) is 4.44. The van der Waals surface area contributed by atoms with Gasteiger partial charge in [0.2, 0.25) is 0 Å². The molecule has 1 aromatic rings. The Morgan fingerprint density at radius 2 is 2.00 bits per heavy atom. The Balaban J connectivity index is 1.70. The predicted octanol–water partition coefficient (Wildman–Crippen LogP) is 2.61. The summed E-state index contributed by atoms with van der Waals surface area (Å²) in [6.07, 6.45) is 5.80. The molecule has 1 saturated carbocycles. The molecule has 0 bridgehead atoms. The Morgan fingerprint density at radius 3 is 2.55 bits per heavy atom. The van der Waals surface area contributed by atoms with Gasteiger partial charge in [-0.2, -0.15) is 0 Å². The van der Waals surface area contributed by atoms with E-state index < -0.39 is 0 Å². The fourth-order valence-corrected chi connectivity index (χ4v) is 2.98. The zero-order valence-corrected chi connectivity index (χ0v) is 12.3. The molecule has 2 fully saturated rings. The van der Waals surface area contributed by atoms with Crippen molar-refractivity contribution < 1.29 is 4.79 Å². The highest BCUT2D eigenvalue weighted by Crippen LogP contribution is 2.29. The van der Waals surface area contributed by atoms with Gasteiger partial charge in [-0.15, -0.1) is 0 Å². The highest BCUT2D eigenvalue weighted by molar-refractivity contribution is 5.94. The number of carbonyl (C=O) groups is 1. The molecule has 1 amide bonds. The summed E-state index contributed by atoms with van der Waals surface area (Å²) < 4.78 is 0. The molecule has 1 aliphatic heterocycles. The lowest BCUT2D eigenvalue weighted by Gasteiger charge is -2.26. The van der Waals surface area contributed by atoms with E-state index in [0.29, 0.717) is 12.1 Å². The molecule has 3 nitrogen and oxygen atoms in total. The van der Waals surface area contributed by atoms with Crippen molar-refractivity contribution in [3.05, 3.63) is 35.4 Å². The monoisotopic (exact) mass is 272 g/mol. The number of benzene rings is 1. The highest BCUT2D eigenvalue weighted by Gasteiger charge is 2.34. The summed E-state index contributed by atoms with van der Waals surface area (Å²) in [6, 6.07) is 9.10. The molecule has 1 aromatic carbocycles. The highest BCUT2D eigenvalue weighted by atomic mass is 16.2. The maximum absolute atomic E-state index is 12.7. The van der Waals surface area contributed by atoms with Gasteiger partial charge in [0.1, 0.15) is 0 Å². The number of nitrogens with zero attached hydrogens (tertiary/aromatic N) is 1. The summed E-state index contributed by atoms with van der Waals surface area (Å²) in [5.74, 6) is 0.212. The van der Waals surface area contributed by atoms with E-state index in [1.54, 1.807) is 0 Å². The van der Waals surface area contributed by atoms with Crippen molar-refractivity contribution in [3.63, 3.8) is 0 Å². The van der Waals surface area contributed by atoms with Crippen molar-refractivity contribution in [1.29, 1.82) is 0 Å². The molecule has 1 atom stereocenters. The fourth-order valence-electron chi connectivity index (χ4n) is 2.98. The molecule has 20 heavy (non-hydrogen) atoms. The Morgan fingerprint density at radius 1 is 1.25 bits per heavy atom. The smallest absolute Gasteiger partial charge is 0.254 e. The molecule has 3 heteroatoms. The molecule has 0 aromatic heterocycles. The minimum Gasteiger partial charge on any atom is -0.334 e. The van der Waals surface area contributed by atoms with Gasteiger partial charge in [0, 0.05) is 24.2 Å². The number of carbonyl (C=O) groups excluding carboxylic acids is 1. The molecular weight excluding hydrogens is 248 g/mol. The van der Waals surface area contributed by atoms with E-state index in [9.17, 15) is 4.79 Å². The van der Waals surface area contributed by atoms with Crippen LogP contribution in [0, 0.1) is 0 Å². The summed E-state index contributed by atoms with van der Waals surface area (Å²) >= 11 is 0. The quantitative estimate of drug-likeness (QED) is 0.893. The van der Waals surface area contributed by atoms with E-state index >= 15 is 0 Å². The van der Waals surface area contributed by atoms with Crippen LogP contribution in [0.25, 0.3) is 0 Å². The standard InChI is InChI=1S/C17H24N2O/c1-2-13-5-7-14(8-6-13)17(20)19(16-9-10-16)12-15-4-3-11-18-15/h5-8,15-16,18H,2-4,9-12H2,1H3. The normalized spacial score (nSPS) is 21.9. The maximum atomic E-state index is 12.7. The second-order valence-electron chi connectivity index (χ2n) is 6.03. The second kappa shape index (κ2) is 5.96. The van der Waals surface area contributed by atoms with Crippen molar-refractivity contribution in [1.82, 2.24) is 10.2 Å². The Hall–Kier alpha value is -1.35. The number of nitrogens with one attached hydrogen (secondary N) is 1. The van der Waals surface area contributed by atoms with Crippen molar-refractivity contribution >= 4 is 5.91 Å². The van der Waals surface area contributed by atoms with Crippen LogP contribution in [-0.2, 0) is 6.42 Å². The first kappa shape index (κ1) is 13.6. The molecule has 1 heterocycles. The third kappa shape index (κ3) is 3.04. The first-order valence-electron chi connectivity index (χ1n) is 7.91. The van der Waals surface area contributed by atoms with Crippen molar-refractivity contribution in [3.8, 4) is 0 Å². The fraction of sp³-hybridized carbons (Fsp3) is 0.588. The average Bonchev–Trinajstić information content (AvgIpc) is 3.21. The van der Waals surface area contributed by atoms with Gasteiger partial charge in [0.15, 0.2) is 0 Å². The molecule has 1 unspecified atom stereocenters. The van der Waals surface area contributed by atoms with E-state index in [1.165, 1.54) is 31.2 Å². The zero-order valence-electron chi connectivity index (χ0n) is 12.3. The van der Waals surface area contributed by atoms with Gasteiger partial charge in [0.25, 0.3) is 5.91 Å².